The van der Waals surface area contributed by atoms with E-state index in [9.17, 15) is 9.90 Å². The van der Waals surface area contributed by atoms with Gasteiger partial charge in [-0.2, -0.15) is 0 Å². The molecule has 102 valence electrons. The van der Waals surface area contributed by atoms with E-state index in [2.05, 4.69) is 22.8 Å². The van der Waals surface area contributed by atoms with E-state index in [0.29, 0.717) is 12.1 Å². The molecule has 0 radical (unpaired) electrons. The molecule has 0 fully saturated rings. The minimum Gasteiger partial charge on any atom is -0.508 e. The molecule has 4 heteroatoms. The number of phenols is 1. The van der Waals surface area contributed by atoms with Gasteiger partial charge in [0.25, 0.3) is 5.91 Å². The Bertz CT molecular complexity index is 635. The fraction of sp³-hybridized carbons (Fsp3) is 0.188. The molecule has 0 atom stereocenters. The molecule has 20 heavy (non-hydrogen) atoms. The number of rotatable bonds is 3. The molecule has 2 aromatic rings. The molecule has 0 saturated carbocycles. The second kappa shape index (κ2) is 5.35. The van der Waals surface area contributed by atoms with Gasteiger partial charge in [-0.05, 0) is 41.0 Å². The van der Waals surface area contributed by atoms with Crippen molar-refractivity contribution in [2.45, 2.75) is 19.6 Å². The lowest BCUT2D eigenvalue weighted by Crippen LogP contribution is -2.22. The van der Waals surface area contributed by atoms with Crippen LogP contribution in [0.15, 0.2) is 42.5 Å². The number of fused-ring (bicyclic) bond motifs is 1. The SMILES string of the molecule is O=C(NCc1ccc2c(c1)CNC2)c1ccc(O)cc1. The van der Waals surface area contributed by atoms with Crippen LogP contribution >= 0.6 is 0 Å². The Labute approximate surface area is 117 Å². The zero-order valence-electron chi connectivity index (χ0n) is 11.0. The van der Waals surface area contributed by atoms with Crippen molar-refractivity contribution < 1.29 is 9.90 Å². The van der Waals surface area contributed by atoms with Crippen LogP contribution in [0.25, 0.3) is 0 Å². The summed E-state index contributed by atoms with van der Waals surface area (Å²) in [6.45, 7) is 2.33. The van der Waals surface area contributed by atoms with E-state index >= 15 is 0 Å². The molecule has 0 spiro atoms. The van der Waals surface area contributed by atoms with Gasteiger partial charge >= 0.3 is 0 Å². The lowest BCUT2D eigenvalue weighted by atomic mass is 10.1. The van der Waals surface area contributed by atoms with Gasteiger partial charge in [0.2, 0.25) is 0 Å². The van der Waals surface area contributed by atoms with Gasteiger partial charge in [0.05, 0.1) is 0 Å². The predicted molar refractivity (Wildman–Crippen MR) is 76.3 cm³/mol. The fourth-order valence-corrected chi connectivity index (χ4v) is 2.36. The maximum Gasteiger partial charge on any atom is 0.251 e. The number of nitrogens with one attached hydrogen (secondary N) is 2. The van der Waals surface area contributed by atoms with Gasteiger partial charge in [-0.25, -0.2) is 0 Å². The van der Waals surface area contributed by atoms with Crippen molar-refractivity contribution in [1.29, 1.82) is 0 Å². The minimum absolute atomic E-state index is 0.136. The van der Waals surface area contributed by atoms with E-state index in [0.717, 1.165) is 18.7 Å². The Morgan fingerprint density at radius 3 is 2.65 bits per heavy atom. The lowest BCUT2D eigenvalue weighted by Gasteiger charge is -2.07. The molecule has 0 unspecified atom stereocenters. The Kier molecular flexibility index (Phi) is 3.39. The van der Waals surface area contributed by atoms with Gasteiger partial charge in [0.1, 0.15) is 5.75 Å². The quantitative estimate of drug-likeness (QED) is 0.797. The first-order valence-electron chi connectivity index (χ1n) is 6.61. The highest BCUT2D eigenvalue weighted by atomic mass is 16.3. The molecule has 1 amide bonds. The maximum absolute atomic E-state index is 12.0. The molecule has 2 aromatic carbocycles. The van der Waals surface area contributed by atoms with Crippen LogP contribution in [0.3, 0.4) is 0 Å². The largest absolute Gasteiger partial charge is 0.508 e. The van der Waals surface area contributed by atoms with E-state index in [1.807, 2.05) is 6.07 Å². The molecule has 0 bridgehead atoms. The normalized spacial score (nSPS) is 13.0. The van der Waals surface area contributed by atoms with Gasteiger partial charge in [0.15, 0.2) is 0 Å². The number of phenolic OH excluding ortho intramolecular Hbond substituents is 1. The Hall–Kier alpha value is -2.33. The first kappa shape index (κ1) is 12.7. The van der Waals surface area contributed by atoms with Crippen molar-refractivity contribution >= 4 is 5.91 Å². The van der Waals surface area contributed by atoms with Gasteiger partial charge in [0, 0.05) is 25.2 Å². The molecule has 0 saturated heterocycles. The zero-order chi connectivity index (χ0) is 13.9. The van der Waals surface area contributed by atoms with Crippen molar-refractivity contribution in [3.8, 4) is 5.75 Å². The molecule has 0 aromatic heterocycles. The summed E-state index contributed by atoms with van der Waals surface area (Å²) < 4.78 is 0. The summed E-state index contributed by atoms with van der Waals surface area (Å²) >= 11 is 0. The summed E-state index contributed by atoms with van der Waals surface area (Å²) in [7, 11) is 0. The molecule has 3 rings (SSSR count). The third-order valence-corrected chi connectivity index (χ3v) is 3.48. The summed E-state index contributed by atoms with van der Waals surface area (Å²) in [5, 5.41) is 15.4. The number of hydrogen-bond donors (Lipinski definition) is 3. The number of aromatic hydroxyl groups is 1. The summed E-state index contributed by atoms with van der Waals surface area (Å²) in [5.41, 5.74) is 4.28. The number of benzene rings is 2. The van der Waals surface area contributed by atoms with E-state index < -0.39 is 0 Å². The zero-order valence-corrected chi connectivity index (χ0v) is 11.0. The molecule has 4 nitrogen and oxygen atoms in total. The van der Waals surface area contributed by atoms with Crippen LogP contribution in [-0.2, 0) is 19.6 Å². The maximum atomic E-state index is 12.0. The van der Waals surface area contributed by atoms with E-state index in [1.54, 1.807) is 12.1 Å². The summed E-state index contributed by atoms with van der Waals surface area (Å²) in [6, 6.07) is 12.5. The summed E-state index contributed by atoms with van der Waals surface area (Å²) in [6.07, 6.45) is 0. The van der Waals surface area contributed by atoms with Gasteiger partial charge < -0.3 is 15.7 Å². The van der Waals surface area contributed by atoms with Crippen LogP contribution in [0, 0.1) is 0 Å². The average Bonchev–Trinajstić information content (AvgIpc) is 2.93. The molecule has 0 aliphatic carbocycles. The minimum atomic E-state index is -0.136. The first-order valence-corrected chi connectivity index (χ1v) is 6.61. The number of carbonyl (C=O) groups is 1. The van der Waals surface area contributed by atoms with Crippen LogP contribution in [0.4, 0.5) is 0 Å². The standard InChI is InChI=1S/C16H16N2O2/c19-15-5-3-12(4-6-15)16(20)18-8-11-1-2-13-9-17-10-14(13)7-11/h1-7,17,19H,8-10H2,(H,18,20). The Morgan fingerprint density at radius 1 is 1.10 bits per heavy atom. The van der Waals surface area contributed by atoms with Crippen LogP contribution in [0.2, 0.25) is 0 Å². The topological polar surface area (TPSA) is 61.4 Å². The predicted octanol–water partition coefficient (Wildman–Crippen LogP) is 1.93. The molecule has 1 aliphatic rings. The van der Waals surface area contributed by atoms with Crippen molar-refractivity contribution in [2.24, 2.45) is 0 Å². The van der Waals surface area contributed by atoms with Crippen LogP contribution in [-0.4, -0.2) is 11.0 Å². The number of carbonyl (C=O) groups excluding carboxylic acids is 1. The third-order valence-electron chi connectivity index (χ3n) is 3.48. The number of hydrogen-bond acceptors (Lipinski definition) is 3. The van der Waals surface area contributed by atoms with Crippen molar-refractivity contribution in [2.75, 3.05) is 0 Å². The molecule has 1 aliphatic heterocycles. The molecule has 3 N–H and O–H groups in total. The lowest BCUT2D eigenvalue weighted by molar-refractivity contribution is 0.0951. The molecular weight excluding hydrogens is 252 g/mol. The van der Waals surface area contributed by atoms with Crippen LogP contribution < -0.4 is 10.6 Å². The molecule has 1 heterocycles. The summed E-state index contributed by atoms with van der Waals surface area (Å²) in [5.74, 6) is 0.0243. The third kappa shape index (κ3) is 2.65. The van der Waals surface area contributed by atoms with Crippen molar-refractivity contribution in [3.05, 3.63) is 64.7 Å². The average molecular weight is 268 g/mol. The van der Waals surface area contributed by atoms with E-state index in [4.69, 9.17) is 0 Å². The Balaban J connectivity index is 1.64. The van der Waals surface area contributed by atoms with Crippen molar-refractivity contribution in [3.63, 3.8) is 0 Å². The van der Waals surface area contributed by atoms with Crippen molar-refractivity contribution in [1.82, 2.24) is 10.6 Å². The monoisotopic (exact) mass is 268 g/mol. The van der Waals surface area contributed by atoms with Crippen LogP contribution in [0.1, 0.15) is 27.0 Å². The van der Waals surface area contributed by atoms with Gasteiger partial charge in [-0.1, -0.05) is 18.2 Å². The highest BCUT2D eigenvalue weighted by molar-refractivity contribution is 5.94. The summed E-state index contributed by atoms with van der Waals surface area (Å²) in [4.78, 5) is 12.0. The highest BCUT2D eigenvalue weighted by Gasteiger charge is 2.10. The van der Waals surface area contributed by atoms with E-state index in [1.165, 1.54) is 23.3 Å². The smallest absolute Gasteiger partial charge is 0.251 e. The Morgan fingerprint density at radius 2 is 1.85 bits per heavy atom. The van der Waals surface area contributed by atoms with Gasteiger partial charge in [-0.3, -0.25) is 4.79 Å². The molecular formula is C16H16N2O2. The van der Waals surface area contributed by atoms with E-state index in [-0.39, 0.29) is 11.7 Å². The second-order valence-corrected chi connectivity index (χ2v) is 4.94. The van der Waals surface area contributed by atoms with Crippen LogP contribution in [0.5, 0.6) is 5.75 Å². The van der Waals surface area contributed by atoms with Gasteiger partial charge in [-0.15, -0.1) is 0 Å². The second-order valence-electron chi connectivity index (χ2n) is 4.94. The highest BCUT2D eigenvalue weighted by Crippen LogP contribution is 2.17. The number of amides is 1. The first-order chi connectivity index (χ1) is 9.72. The fourth-order valence-electron chi connectivity index (χ4n) is 2.36.